The van der Waals surface area contributed by atoms with Crippen molar-refractivity contribution in [3.05, 3.63) is 29.3 Å². The molecule has 0 atom stereocenters. The lowest BCUT2D eigenvalue weighted by Crippen LogP contribution is -2.26. The third-order valence-corrected chi connectivity index (χ3v) is 3.61. The van der Waals surface area contributed by atoms with E-state index < -0.39 is 5.41 Å². The molecule has 21 heavy (non-hydrogen) atoms. The van der Waals surface area contributed by atoms with Gasteiger partial charge in [0.25, 0.3) is 0 Å². The van der Waals surface area contributed by atoms with Crippen LogP contribution in [0.5, 0.6) is 0 Å². The Morgan fingerprint density at radius 3 is 2.81 bits per heavy atom. The lowest BCUT2D eigenvalue weighted by atomic mass is 9.90. The van der Waals surface area contributed by atoms with Crippen LogP contribution in [0.15, 0.2) is 23.2 Å². The quantitative estimate of drug-likeness (QED) is 0.465. The predicted molar refractivity (Wildman–Crippen MR) is 98.0 cm³/mol. The van der Waals surface area contributed by atoms with Gasteiger partial charge in [0.15, 0.2) is 5.96 Å². The van der Waals surface area contributed by atoms with E-state index in [1.165, 1.54) is 24.0 Å². The minimum atomic E-state index is -0.484. The molecule has 114 valence electrons. The summed E-state index contributed by atoms with van der Waals surface area (Å²) in [7, 11) is 0. The minimum Gasteiger partial charge on any atom is -0.370 e. The average Bonchev–Trinajstić information content (AvgIpc) is 2.46. The topological polar surface area (TPSA) is 74.2 Å². The highest BCUT2D eigenvalue weighted by molar-refractivity contribution is 14.0. The normalized spacial score (nSPS) is 14.6. The average molecular weight is 398 g/mol. The summed E-state index contributed by atoms with van der Waals surface area (Å²) in [5.74, 6) is 0.382. The summed E-state index contributed by atoms with van der Waals surface area (Å²) in [5, 5.41) is 12.2. The first kappa shape index (κ1) is 17.8. The number of anilines is 1. The second kappa shape index (κ2) is 7.64. The molecule has 3 N–H and O–H groups in total. The summed E-state index contributed by atoms with van der Waals surface area (Å²) in [6, 6.07) is 8.50. The molecule has 1 aromatic carbocycles. The molecule has 4 nitrogen and oxygen atoms in total. The molecular formula is C16H23IN4. The fourth-order valence-corrected chi connectivity index (χ4v) is 2.39. The third kappa shape index (κ3) is 4.88. The molecule has 0 bridgehead atoms. The van der Waals surface area contributed by atoms with Gasteiger partial charge in [-0.15, -0.1) is 24.0 Å². The third-order valence-electron chi connectivity index (χ3n) is 3.61. The Kier molecular flexibility index (Phi) is 6.46. The highest BCUT2D eigenvalue weighted by atomic mass is 127. The molecule has 0 fully saturated rings. The first-order valence-corrected chi connectivity index (χ1v) is 7.11. The molecule has 0 unspecified atom stereocenters. The second-order valence-corrected chi connectivity index (χ2v) is 5.97. The smallest absolute Gasteiger partial charge is 0.193 e. The van der Waals surface area contributed by atoms with E-state index in [4.69, 9.17) is 11.0 Å². The number of halogens is 1. The summed E-state index contributed by atoms with van der Waals surface area (Å²) in [6.45, 7) is 4.11. The van der Waals surface area contributed by atoms with Gasteiger partial charge >= 0.3 is 0 Å². The van der Waals surface area contributed by atoms with Crippen molar-refractivity contribution < 1.29 is 0 Å². The van der Waals surface area contributed by atoms with Crippen LogP contribution in [-0.2, 0) is 12.8 Å². The maximum atomic E-state index is 8.97. The zero-order chi connectivity index (χ0) is 14.6. The van der Waals surface area contributed by atoms with Crippen LogP contribution in [0.25, 0.3) is 0 Å². The Balaban J connectivity index is 0.00000220. The van der Waals surface area contributed by atoms with E-state index in [0.717, 1.165) is 18.5 Å². The van der Waals surface area contributed by atoms with Crippen LogP contribution >= 0.6 is 24.0 Å². The summed E-state index contributed by atoms with van der Waals surface area (Å²) < 4.78 is 0. The van der Waals surface area contributed by atoms with Crippen LogP contribution in [-0.4, -0.2) is 12.5 Å². The molecule has 0 saturated carbocycles. The van der Waals surface area contributed by atoms with E-state index in [1.54, 1.807) is 0 Å². The van der Waals surface area contributed by atoms with Gasteiger partial charge in [-0.1, -0.05) is 12.1 Å². The molecule has 0 amide bonds. The van der Waals surface area contributed by atoms with Gasteiger partial charge < -0.3 is 11.1 Å². The second-order valence-electron chi connectivity index (χ2n) is 5.97. The molecule has 0 radical (unpaired) electrons. The Hall–Kier alpha value is -1.29. The lowest BCUT2D eigenvalue weighted by molar-refractivity contribution is 0.512. The molecule has 0 aliphatic heterocycles. The molecule has 0 saturated heterocycles. The number of rotatable bonds is 3. The van der Waals surface area contributed by atoms with E-state index in [0.29, 0.717) is 12.5 Å². The number of guanidine groups is 1. The van der Waals surface area contributed by atoms with Crippen molar-refractivity contribution in [2.24, 2.45) is 16.1 Å². The molecule has 5 heteroatoms. The van der Waals surface area contributed by atoms with Gasteiger partial charge in [0.1, 0.15) is 0 Å². The SMILES string of the molecule is CC(C)(C#N)CN=C(N)Nc1cccc2c1CCCC2.I. The van der Waals surface area contributed by atoms with Gasteiger partial charge in [0.05, 0.1) is 18.0 Å². The number of aryl methyl sites for hydroxylation is 1. The summed E-state index contributed by atoms with van der Waals surface area (Å²) in [6.07, 6.45) is 4.72. The van der Waals surface area contributed by atoms with Gasteiger partial charge in [0.2, 0.25) is 0 Å². The van der Waals surface area contributed by atoms with Crippen molar-refractivity contribution in [3.8, 4) is 6.07 Å². The molecule has 0 aromatic heterocycles. The highest BCUT2D eigenvalue weighted by Gasteiger charge is 2.16. The van der Waals surface area contributed by atoms with Crippen LogP contribution < -0.4 is 11.1 Å². The summed E-state index contributed by atoms with van der Waals surface area (Å²) in [4.78, 5) is 4.27. The Morgan fingerprint density at radius 1 is 1.38 bits per heavy atom. The first-order chi connectivity index (χ1) is 9.52. The first-order valence-electron chi connectivity index (χ1n) is 7.11. The maximum absolute atomic E-state index is 8.97. The number of hydrogen-bond acceptors (Lipinski definition) is 2. The number of nitrogens with two attached hydrogens (primary N) is 1. The van der Waals surface area contributed by atoms with E-state index in [9.17, 15) is 0 Å². The van der Waals surface area contributed by atoms with E-state index in [1.807, 2.05) is 19.9 Å². The number of nitrogens with zero attached hydrogens (tertiary/aromatic N) is 2. The largest absolute Gasteiger partial charge is 0.370 e. The number of benzene rings is 1. The van der Waals surface area contributed by atoms with Crippen molar-refractivity contribution in [3.63, 3.8) is 0 Å². The zero-order valence-corrected chi connectivity index (χ0v) is 15.0. The van der Waals surface area contributed by atoms with Crippen molar-refractivity contribution in [1.29, 1.82) is 5.26 Å². The highest BCUT2D eigenvalue weighted by Crippen LogP contribution is 2.27. The van der Waals surface area contributed by atoms with Gasteiger partial charge in [-0.3, -0.25) is 4.99 Å². The molecule has 1 aromatic rings. The minimum absolute atomic E-state index is 0. The van der Waals surface area contributed by atoms with Crippen molar-refractivity contribution in [1.82, 2.24) is 0 Å². The van der Waals surface area contributed by atoms with Crippen LogP contribution in [0.1, 0.15) is 37.8 Å². The Morgan fingerprint density at radius 2 is 2.10 bits per heavy atom. The van der Waals surface area contributed by atoms with Crippen molar-refractivity contribution in [2.75, 3.05) is 11.9 Å². The lowest BCUT2D eigenvalue weighted by Gasteiger charge is -2.20. The van der Waals surface area contributed by atoms with Gasteiger partial charge in [-0.25, -0.2) is 0 Å². The van der Waals surface area contributed by atoms with Crippen molar-refractivity contribution in [2.45, 2.75) is 39.5 Å². The van der Waals surface area contributed by atoms with Crippen LogP contribution in [0, 0.1) is 16.7 Å². The number of aliphatic imine (C=N–C) groups is 1. The molecule has 0 heterocycles. The Labute approximate surface area is 143 Å². The molecular weight excluding hydrogens is 375 g/mol. The molecule has 1 aliphatic carbocycles. The molecule has 2 rings (SSSR count). The predicted octanol–water partition coefficient (Wildman–Crippen LogP) is 3.46. The number of fused-ring (bicyclic) bond motifs is 1. The number of nitrogens with one attached hydrogen (secondary N) is 1. The van der Waals surface area contributed by atoms with Crippen LogP contribution in [0.4, 0.5) is 5.69 Å². The monoisotopic (exact) mass is 398 g/mol. The Bertz CT molecular complexity index is 558. The van der Waals surface area contributed by atoms with Crippen molar-refractivity contribution >= 4 is 35.6 Å². The van der Waals surface area contributed by atoms with Gasteiger partial charge in [-0.2, -0.15) is 5.26 Å². The van der Waals surface area contributed by atoms with E-state index in [-0.39, 0.29) is 24.0 Å². The summed E-state index contributed by atoms with van der Waals surface area (Å²) >= 11 is 0. The molecule has 0 spiro atoms. The van der Waals surface area contributed by atoms with Gasteiger partial charge in [-0.05, 0) is 56.7 Å². The van der Waals surface area contributed by atoms with Crippen LogP contribution in [0.2, 0.25) is 0 Å². The molecule has 1 aliphatic rings. The van der Waals surface area contributed by atoms with Gasteiger partial charge in [0, 0.05) is 5.69 Å². The zero-order valence-electron chi connectivity index (χ0n) is 12.6. The number of hydrogen-bond donors (Lipinski definition) is 2. The standard InChI is InChI=1S/C16H22N4.HI/c1-16(2,10-17)11-19-15(18)20-14-9-5-7-12-6-3-4-8-13(12)14;/h5,7,9H,3-4,6,8,11H2,1-2H3,(H3,18,19,20);1H. The fraction of sp³-hybridized carbons (Fsp3) is 0.500. The number of nitriles is 1. The maximum Gasteiger partial charge on any atom is 0.193 e. The fourth-order valence-electron chi connectivity index (χ4n) is 2.39. The summed E-state index contributed by atoms with van der Waals surface area (Å²) in [5.41, 5.74) is 9.27. The van der Waals surface area contributed by atoms with Crippen LogP contribution in [0.3, 0.4) is 0 Å². The van der Waals surface area contributed by atoms with E-state index >= 15 is 0 Å². The van der Waals surface area contributed by atoms with E-state index in [2.05, 4.69) is 28.5 Å².